The number of aromatic nitrogens is 2. The molecule has 1 rings (SSSR count). The van der Waals surface area contributed by atoms with Crippen molar-refractivity contribution in [2.45, 2.75) is 18.6 Å². The Balaban J connectivity index is 3.15. The first-order valence-corrected chi connectivity index (χ1v) is 5.46. The van der Waals surface area contributed by atoms with E-state index < -0.39 is 15.3 Å². The van der Waals surface area contributed by atoms with E-state index in [4.69, 9.17) is 11.0 Å². The number of anilines is 1. The van der Waals surface area contributed by atoms with Gasteiger partial charge in [0.05, 0.1) is 24.2 Å². The maximum absolute atomic E-state index is 11.6. The zero-order valence-electron chi connectivity index (χ0n) is 7.58. The van der Waals surface area contributed by atoms with E-state index in [9.17, 15) is 8.42 Å². The minimum absolute atomic E-state index is 0.221. The average molecular weight is 214 g/mol. The predicted molar refractivity (Wildman–Crippen MR) is 50.6 cm³/mol. The molecular formula is C7H10N4O2S. The summed E-state index contributed by atoms with van der Waals surface area (Å²) in [5, 5.41) is 11.1. The van der Waals surface area contributed by atoms with Crippen LogP contribution in [0.4, 0.5) is 5.69 Å². The molecule has 0 saturated heterocycles. The first kappa shape index (κ1) is 10.5. The molecule has 1 unspecified atom stereocenters. The molecule has 0 aliphatic heterocycles. The van der Waals surface area contributed by atoms with Crippen LogP contribution in [0.5, 0.6) is 0 Å². The third kappa shape index (κ3) is 1.70. The first-order valence-electron chi connectivity index (χ1n) is 3.96. The van der Waals surface area contributed by atoms with E-state index in [2.05, 4.69) is 5.10 Å². The van der Waals surface area contributed by atoms with Gasteiger partial charge in [-0.15, -0.1) is 0 Å². The molecular weight excluding hydrogens is 204 g/mol. The van der Waals surface area contributed by atoms with Gasteiger partial charge in [-0.25, -0.2) is 8.42 Å². The van der Waals surface area contributed by atoms with Crippen LogP contribution in [0.1, 0.15) is 13.3 Å². The summed E-state index contributed by atoms with van der Waals surface area (Å²) in [5.41, 5.74) is 5.58. The minimum atomic E-state index is -3.72. The lowest BCUT2D eigenvalue weighted by atomic mass is 10.4. The molecule has 1 aromatic heterocycles. The fourth-order valence-corrected chi connectivity index (χ4v) is 2.22. The summed E-state index contributed by atoms with van der Waals surface area (Å²) in [7, 11) is -3.72. The van der Waals surface area contributed by atoms with Crippen LogP contribution in [-0.4, -0.2) is 22.9 Å². The summed E-state index contributed by atoms with van der Waals surface area (Å²) in [6.45, 7) is 1.62. The number of nitriles is 1. The largest absolute Gasteiger partial charge is 0.396 e. The standard InChI is InChI=1S/C7H10N4O2S/c1-2-7(3-8)14(12,13)11-5-6(9)4-10-11/h4-5,7H,2,9H2,1H3. The van der Waals surface area contributed by atoms with Crippen molar-refractivity contribution in [1.82, 2.24) is 9.19 Å². The lowest BCUT2D eigenvalue weighted by Crippen LogP contribution is -2.26. The van der Waals surface area contributed by atoms with E-state index in [-0.39, 0.29) is 12.1 Å². The lowest BCUT2D eigenvalue weighted by molar-refractivity contribution is 0.571. The summed E-state index contributed by atoms with van der Waals surface area (Å²) < 4.78 is 24.0. The third-order valence-electron chi connectivity index (χ3n) is 1.72. The lowest BCUT2D eigenvalue weighted by Gasteiger charge is -2.07. The Morgan fingerprint density at radius 2 is 2.43 bits per heavy atom. The highest BCUT2D eigenvalue weighted by atomic mass is 32.2. The second-order valence-corrected chi connectivity index (χ2v) is 4.69. The van der Waals surface area contributed by atoms with Crippen LogP contribution in [0.3, 0.4) is 0 Å². The van der Waals surface area contributed by atoms with Crippen LogP contribution >= 0.6 is 0 Å². The van der Waals surface area contributed by atoms with Crippen LogP contribution in [0, 0.1) is 11.3 Å². The molecule has 0 aromatic carbocycles. The molecule has 0 bridgehead atoms. The SMILES string of the molecule is CCC(C#N)S(=O)(=O)n1cc(N)cn1. The molecule has 1 heterocycles. The van der Waals surface area contributed by atoms with Crippen molar-refractivity contribution in [2.75, 3.05) is 5.73 Å². The van der Waals surface area contributed by atoms with Crippen molar-refractivity contribution in [3.05, 3.63) is 12.4 Å². The fourth-order valence-electron chi connectivity index (χ4n) is 0.956. The number of nitrogens with two attached hydrogens (primary N) is 1. The van der Waals surface area contributed by atoms with Crippen LogP contribution in [0.2, 0.25) is 0 Å². The van der Waals surface area contributed by atoms with Gasteiger partial charge in [0.2, 0.25) is 0 Å². The topological polar surface area (TPSA) is 102 Å². The Morgan fingerprint density at radius 3 is 2.79 bits per heavy atom. The van der Waals surface area contributed by atoms with Crippen molar-refractivity contribution in [3.8, 4) is 6.07 Å². The van der Waals surface area contributed by atoms with Crippen LogP contribution < -0.4 is 5.73 Å². The smallest absolute Gasteiger partial charge is 0.270 e. The molecule has 0 fully saturated rings. The molecule has 0 radical (unpaired) electrons. The highest BCUT2D eigenvalue weighted by molar-refractivity contribution is 7.90. The Hall–Kier alpha value is -1.55. The Morgan fingerprint density at radius 1 is 1.79 bits per heavy atom. The van der Waals surface area contributed by atoms with E-state index >= 15 is 0 Å². The van der Waals surface area contributed by atoms with E-state index in [0.29, 0.717) is 0 Å². The molecule has 76 valence electrons. The molecule has 14 heavy (non-hydrogen) atoms. The normalized spacial score (nSPS) is 13.4. The van der Waals surface area contributed by atoms with E-state index in [1.165, 1.54) is 12.4 Å². The van der Waals surface area contributed by atoms with Gasteiger partial charge in [0.1, 0.15) is 0 Å². The molecule has 0 saturated carbocycles. The van der Waals surface area contributed by atoms with Gasteiger partial charge in [-0.1, -0.05) is 6.92 Å². The summed E-state index contributed by atoms with van der Waals surface area (Å²) >= 11 is 0. The first-order chi connectivity index (χ1) is 6.52. The minimum Gasteiger partial charge on any atom is -0.396 e. The monoisotopic (exact) mass is 214 g/mol. The maximum Gasteiger partial charge on any atom is 0.270 e. The van der Waals surface area contributed by atoms with Gasteiger partial charge >= 0.3 is 0 Å². The van der Waals surface area contributed by atoms with Gasteiger partial charge in [-0.2, -0.15) is 14.4 Å². The van der Waals surface area contributed by atoms with E-state index in [1.807, 2.05) is 0 Å². The Bertz CT molecular complexity index is 456. The van der Waals surface area contributed by atoms with Gasteiger partial charge in [0.15, 0.2) is 5.25 Å². The van der Waals surface area contributed by atoms with Crippen LogP contribution in [0.15, 0.2) is 12.4 Å². The second-order valence-electron chi connectivity index (χ2n) is 2.72. The quantitative estimate of drug-likeness (QED) is 0.759. The summed E-state index contributed by atoms with van der Waals surface area (Å²) in [6, 6.07) is 1.71. The molecule has 2 N–H and O–H groups in total. The van der Waals surface area contributed by atoms with Crippen LogP contribution in [-0.2, 0) is 10.0 Å². The van der Waals surface area contributed by atoms with Gasteiger partial charge < -0.3 is 5.73 Å². The zero-order valence-corrected chi connectivity index (χ0v) is 8.40. The number of hydrogen-bond donors (Lipinski definition) is 1. The van der Waals surface area contributed by atoms with Crippen molar-refractivity contribution in [1.29, 1.82) is 5.26 Å². The second kappa shape index (κ2) is 3.67. The molecule has 0 aliphatic carbocycles. The van der Waals surface area contributed by atoms with Crippen molar-refractivity contribution >= 4 is 15.7 Å². The molecule has 7 heteroatoms. The number of hydrogen-bond acceptors (Lipinski definition) is 5. The molecule has 0 spiro atoms. The molecule has 1 aromatic rings. The van der Waals surface area contributed by atoms with Crippen molar-refractivity contribution in [3.63, 3.8) is 0 Å². The average Bonchev–Trinajstić information content (AvgIpc) is 2.54. The van der Waals surface area contributed by atoms with E-state index in [1.54, 1.807) is 13.0 Å². The molecule has 6 nitrogen and oxygen atoms in total. The maximum atomic E-state index is 11.6. The highest BCUT2D eigenvalue weighted by Crippen LogP contribution is 2.10. The fraction of sp³-hybridized carbons (Fsp3) is 0.429. The Kier molecular flexibility index (Phi) is 2.76. The van der Waals surface area contributed by atoms with Gasteiger partial charge in [0, 0.05) is 0 Å². The van der Waals surface area contributed by atoms with Gasteiger partial charge in [-0.05, 0) is 6.42 Å². The Labute approximate surface area is 82.0 Å². The van der Waals surface area contributed by atoms with Crippen molar-refractivity contribution < 1.29 is 8.42 Å². The number of rotatable bonds is 3. The predicted octanol–water partition coefficient (Wildman–Crippen LogP) is -0.0546. The van der Waals surface area contributed by atoms with Crippen molar-refractivity contribution in [2.24, 2.45) is 0 Å². The van der Waals surface area contributed by atoms with Gasteiger partial charge in [0.25, 0.3) is 10.0 Å². The molecule has 1 atom stereocenters. The van der Waals surface area contributed by atoms with Gasteiger partial charge in [-0.3, -0.25) is 0 Å². The van der Waals surface area contributed by atoms with Crippen LogP contribution in [0.25, 0.3) is 0 Å². The number of nitrogen functional groups attached to an aromatic ring is 1. The summed E-state index contributed by atoms with van der Waals surface area (Å²) in [5.74, 6) is 0. The zero-order chi connectivity index (χ0) is 10.8. The van der Waals surface area contributed by atoms with E-state index in [0.717, 1.165) is 4.09 Å². The third-order valence-corrected chi connectivity index (χ3v) is 3.59. The molecule has 0 amide bonds. The summed E-state index contributed by atoms with van der Waals surface area (Å²) in [6.07, 6.45) is 2.62. The highest BCUT2D eigenvalue weighted by Gasteiger charge is 2.25. The molecule has 0 aliphatic rings. The number of nitrogens with zero attached hydrogens (tertiary/aromatic N) is 3. The summed E-state index contributed by atoms with van der Waals surface area (Å²) in [4.78, 5) is 0.